The summed E-state index contributed by atoms with van der Waals surface area (Å²) in [5, 5.41) is 0. The molecule has 12 nitrogen and oxygen atoms in total. The molecule has 0 atom stereocenters. The molecule has 0 aliphatic carbocycles. The second-order valence-corrected chi connectivity index (χ2v) is 9.89. The van der Waals surface area contributed by atoms with Crippen molar-refractivity contribution < 1.29 is 47.7 Å². The molecule has 0 bridgehead atoms. The zero-order valence-electron chi connectivity index (χ0n) is 23.1. The molecule has 0 saturated heterocycles. The number of carbonyl (C=O) groups excluding carboxylic acids is 6. The monoisotopic (exact) mass is 528 g/mol. The molecule has 0 aliphatic heterocycles. The van der Waals surface area contributed by atoms with E-state index in [9.17, 15) is 28.8 Å². The van der Waals surface area contributed by atoms with Crippen LogP contribution in [0, 0.1) is 5.92 Å². The fourth-order valence-corrected chi connectivity index (χ4v) is 2.76. The Morgan fingerprint density at radius 3 is 1.27 bits per heavy atom. The molecule has 0 aromatic carbocycles. The summed E-state index contributed by atoms with van der Waals surface area (Å²) >= 11 is 0. The van der Waals surface area contributed by atoms with Crippen LogP contribution in [-0.2, 0) is 38.1 Å². The van der Waals surface area contributed by atoms with E-state index in [1.165, 1.54) is 19.9 Å². The van der Waals surface area contributed by atoms with Crippen molar-refractivity contribution in [3.63, 3.8) is 0 Å². The molecular formula is C25H40N2O10. The summed E-state index contributed by atoms with van der Waals surface area (Å²) in [5.74, 6) is -5.24. The van der Waals surface area contributed by atoms with Crippen LogP contribution in [0.1, 0.15) is 68.2 Å². The van der Waals surface area contributed by atoms with E-state index in [-0.39, 0.29) is 39.1 Å². The van der Waals surface area contributed by atoms with Crippen molar-refractivity contribution in [2.45, 2.75) is 79.4 Å². The Labute approximate surface area is 218 Å². The van der Waals surface area contributed by atoms with Crippen molar-refractivity contribution in [3.8, 4) is 0 Å². The first-order valence-corrected chi connectivity index (χ1v) is 12.0. The number of allylic oxidation sites excluding steroid dienone is 1. The van der Waals surface area contributed by atoms with Gasteiger partial charge in [-0.2, -0.15) is 0 Å². The molecule has 0 saturated carbocycles. The van der Waals surface area contributed by atoms with Crippen LogP contribution in [0.4, 0.5) is 9.59 Å². The maximum absolute atomic E-state index is 12.6. The zero-order chi connectivity index (χ0) is 29.0. The maximum Gasteiger partial charge on any atom is 0.417 e. The number of carbonyl (C=O) groups is 6. The first kappa shape index (κ1) is 33.6. The number of esters is 2. The van der Waals surface area contributed by atoms with Gasteiger partial charge < -0.3 is 18.9 Å². The Bertz CT molecular complexity index is 789. The molecule has 0 aromatic rings. The van der Waals surface area contributed by atoms with E-state index in [0.29, 0.717) is 9.80 Å². The molecule has 0 radical (unpaired) electrons. The topological polar surface area (TPSA) is 146 Å². The van der Waals surface area contributed by atoms with Gasteiger partial charge in [0, 0.05) is 13.1 Å². The summed E-state index contributed by atoms with van der Waals surface area (Å²) in [6, 6.07) is 0. The molecule has 0 fully saturated rings. The van der Waals surface area contributed by atoms with Gasteiger partial charge in [0.25, 0.3) is 0 Å². The lowest BCUT2D eigenvalue weighted by Gasteiger charge is -2.28. The summed E-state index contributed by atoms with van der Waals surface area (Å²) in [4.78, 5) is 75.5. The Morgan fingerprint density at radius 1 is 0.703 bits per heavy atom. The van der Waals surface area contributed by atoms with Crippen LogP contribution in [0.15, 0.2) is 12.7 Å². The zero-order valence-corrected chi connectivity index (χ0v) is 23.1. The Morgan fingerprint density at radius 2 is 1.03 bits per heavy atom. The van der Waals surface area contributed by atoms with Crippen LogP contribution in [0.2, 0.25) is 0 Å². The molecule has 12 heteroatoms. The fraction of sp³-hybridized carbons (Fsp3) is 0.680. The van der Waals surface area contributed by atoms with Gasteiger partial charge in [0.2, 0.25) is 0 Å². The molecule has 0 unspecified atom stereocenters. The average Bonchev–Trinajstić information content (AvgIpc) is 2.75. The third kappa shape index (κ3) is 12.9. The summed E-state index contributed by atoms with van der Waals surface area (Å²) in [5.41, 5.74) is -1.85. The lowest BCUT2D eigenvalue weighted by molar-refractivity contribution is -0.159. The van der Waals surface area contributed by atoms with E-state index in [1.807, 2.05) is 0 Å². The average molecular weight is 529 g/mol. The highest BCUT2D eigenvalue weighted by molar-refractivity contribution is 6.35. The smallest absolute Gasteiger partial charge is 0.417 e. The lowest BCUT2D eigenvalue weighted by Crippen LogP contribution is -2.46. The van der Waals surface area contributed by atoms with Crippen molar-refractivity contribution in [1.29, 1.82) is 0 Å². The Hall–Kier alpha value is -3.44. The van der Waals surface area contributed by atoms with Gasteiger partial charge >= 0.3 is 35.9 Å². The van der Waals surface area contributed by atoms with Crippen LogP contribution in [0.25, 0.3) is 0 Å². The van der Waals surface area contributed by atoms with E-state index in [4.69, 9.17) is 18.9 Å². The van der Waals surface area contributed by atoms with Crippen LogP contribution >= 0.6 is 0 Å². The predicted molar refractivity (Wildman–Crippen MR) is 132 cm³/mol. The molecule has 0 N–H and O–H groups in total. The minimum atomic E-state index is -1.21. The van der Waals surface area contributed by atoms with Crippen LogP contribution in [0.3, 0.4) is 0 Å². The summed E-state index contributed by atoms with van der Waals surface area (Å²) in [6.07, 6.45) is -0.320. The Balaban J connectivity index is 5.62. The summed E-state index contributed by atoms with van der Waals surface area (Å²) in [6.45, 7) is 15.8. The number of nitrogens with zero attached hydrogens (tertiary/aromatic N) is 2. The van der Waals surface area contributed by atoms with Gasteiger partial charge in [-0.3, -0.25) is 9.59 Å². The lowest BCUT2D eigenvalue weighted by atomic mass is 10.0. The third-order valence-corrected chi connectivity index (χ3v) is 4.40. The van der Waals surface area contributed by atoms with E-state index in [1.54, 1.807) is 41.5 Å². The number of ether oxygens (including phenoxy) is 4. The fourth-order valence-electron chi connectivity index (χ4n) is 2.76. The molecular weight excluding hydrogens is 488 g/mol. The molecule has 0 heterocycles. The van der Waals surface area contributed by atoms with E-state index in [0.717, 1.165) is 0 Å². The van der Waals surface area contributed by atoms with Gasteiger partial charge in [-0.1, -0.05) is 6.08 Å². The maximum atomic E-state index is 12.6. The highest BCUT2D eigenvalue weighted by atomic mass is 16.6. The predicted octanol–water partition coefficient (Wildman–Crippen LogP) is 3.22. The molecule has 0 spiro atoms. The largest absolute Gasteiger partial charge is 0.459 e. The summed E-state index contributed by atoms with van der Waals surface area (Å²) in [7, 11) is 0. The standard InChI is InChI=1S/C25H40N2O10/c1-10-17(13-15-26(18(28)20(30)34-11-2)22(32)36-24(4,5)6)14-16-27(19(29)21(31)35-12-3)23(33)37-25(7,8)9/h10,17H,1,11-16H2,2-9H3. The van der Waals surface area contributed by atoms with Crippen molar-refractivity contribution in [2.75, 3.05) is 26.3 Å². The van der Waals surface area contributed by atoms with E-state index in [2.05, 4.69) is 6.58 Å². The van der Waals surface area contributed by atoms with E-state index >= 15 is 0 Å². The van der Waals surface area contributed by atoms with Crippen molar-refractivity contribution in [2.24, 2.45) is 5.92 Å². The minimum absolute atomic E-state index is 0.0585. The van der Waals surface area contributed by atoms with Gasteiger partial charge in [0.1, 0.15) is 11.2 Å². The Kier molecular flexibility index (Phi) is 13.6. The van der Waals surface area contributed by atoms with E-state index < -0.39 is 53.1 Å². The van der Waals surface area contributed by atoms with Gasteiger partial charge in [-0.25, -0.2) is 29.0 Å². The molecule has 37 heavy (non-hydrogen) atoms. The number of amides is 4. The van der Waals surface area contributed by atoms with Crippen LogP contribution < -0.4 is 0 Å². The SMILES string of the molecule is C=CC(CCN(C(=O)OC(C)(C)C)C(=O)C(=O)OCC)CCN(C(=O)OC(C)(C)C)C(=O)C(=O)OCC. The van der Waals surface area contributed by atoms with Crippen molar-refractivity contribution in [3.05, 3.63) is 12.7 Å². The van der Waals surface area contributed by atoms with Crippen LogP contribution in [0.5, 0.6) is 0 Å². The molecule has 0 aliphatic rings. The normalized spacial score (nSPS) is 11.3. The van der Waals surface area contributed by atoms with Gasteiger partial charge in [0.15, 0.2) is 0 Å². The first-order valence-electron chi connectivity index (χ1n) is 12.0. The number of imide groups is 2. The van der Waals surface area contributed by atoms with Crippen molar-refractivity contribution >= 4 is 35.9 Å². The molecule has 0 rings (SSSR count). The molecule has 0 aromatic heterocycles. The van der Waals surface area contributed by atoms with Crippen molar-refractivity contribution in [1.82, 2.24) is 9.80 Å². The van der Waals surface area contributed by atoms with Crippen LogP contribution in [-0.4, -0.2) is 83.2 Å². The highest BCUT2D eigenvalue weighted by Gasteiger charge is 2.34. The quantitative estimate of drug-likeness (QED) is 0.189. The van der Waals surface area contributed by atoms with Gasteiger partial charge in [-0.05, 0) is 74.1 Å². The number of rotatable bonds is 9. The second-order valence-electron chi connectivity index (χ2n) is 9.89. The first-order chi connectivity index (χ1) is 17.0. The molecule has 210 valence electrons. The second kappa shape index (κ2) is 15.0. The highest BCUT2D eigenvalue weighted by Crippen LogP contribution is 2.17. The molecule has 4 amide bonds. The minimum Gasteiger partial charge on any atom is -0.459 e. The summed E-state index contributed by atoms with van der Waals surface area (Å²) < 4.78 is 19.9. The van der Waals surface area contributed by atoms with Gasteiger partial charge in [0.05, 0.1) is 13.2 Å². The number of hydrogen-bond donors (Lipinski definition) is 0. The third-order valence-electron chi connectivity index (χ3n) is 4.40. The van der Waals surface area contributed by atoms with Gasteiger partial charge in [-0.15, -0.1) is 6.58 Å². The number of hydrogen-bond acceptors (Lipinski definition) is 10.